The van der Waals surface area contributed by atoms with E-state index in [1.165, 1.54) is 4.90 Å². The van der Waals surface area contributed by atoms with Gasteiger partial charge in [-0.15, -0.1) is 0 Å². The Kier molecular flexibility index (Phi) is 7.14. The Labute approximate surface area is 195 Å². The first-order valence-corrected chi connectivity index (χ1v) is 11.1. The van der Waals surface area contributed by atoms with E-state index < -0.39 is 23.8 Å². The van der Waals surface area contributed by atoms with Gasteiger partial charge in [0.15, 0.2) is 6.10 Å². The lowest BCUT2D eigenvalue weighted by Crippen LogP contribution is -2.30. The van der Waals surface area contributed by atoms with Crippen LogP contribution in [-0.2, 0) is 27.4 Å². The average Bonchev–Trinajstić information content (AvgIpc) is 3.21. The molecule has 0 aliphatic carbocycles. The van der Waals surface area contributed by atoms with E-state index in [9.17, 15) is 14.7 Å². The van der Waals surface area contributed by atoms with Crippen LogP contribution < -0.4 is 0 Å². The van der Waals surface area contributed by atoms with E-state index in [-0.39, 0.29) is 13.2 Å². The first-order valence-electron chi connectivity index (χ1n) is 11.1. The van der Waals surface area contributed by atoms with Gasteiger partial charge in [0.1, 0.15) is 0 Å². The number of amides is 1. The van der Waals surface area contributed by atoms with Crippen LogP contribution in [0.1, 0.15) is 72.7 Å². The highest BCUT2D eigenvalue weighted by atomic mass is 16.6. The van der Waals surface area contributed by atoms with Gasteiger partial charge < -0.3 is 14.6 Å². The molecule has 0 radical (unpaired) electrons. The van der Waals surface area contributed by atoms with E-state index in [0.29, 0.717) is 17.7 Å². The predicted molar refractivity (Wildman–Crippen MR) is 126 cm³/mol. The van der Waals surface area contributed by atoms with Gasteiger partial charge in [0, 0.05) is 23.2 Å². The van der Waals surface area contributed by atoms with Gasteiger partial charge in [-0.3, -0.25) is 4.90 Å². The number of hydrogen-bond donors (Lipinski definition) is 1. The van der Waals surface area contributed by atoms with Crippen LogP contribution in [0.3, 0.4) is 0 Å². The second kappa shape index (κ2) is 9.68. The van der Waals surface area contributed by atoms with Crippen molar-refractivity contribution in [1.82, 2.24) is 4.90 Å². The van der Waals surface area contributed by atoms with Crippen molar-refractivity contribution in [3.05, 3.63) is 69.3 Å². The predicted octanol–water partition coefficient (Wildman–Crippen LogP) is 5.12. The molecular formula is C27H31NO5. The molecule has 0 spiro atoms. The van der Waals surface area contributed by atoms with E-state index in [1.54, 1.807) is 6.92 Å². The molecule has 0 bridgehead atoms. The molecule has 1 N–H and O–H groups in total. The molecule has 33 heavy (non-hydrogen) atoms. The quantitative estimate of drug-likeness (QED) is 0.518. The van der Waals surface area contributed by atoms with Gasteiger partial charge in [-0.1, -0.05) is 30.0 Å². The third kappa shape index (κ3) is 5.37. The van der Waals surface area contributed by atoms with Crippen molar-refractivity contribution in [3.63, 3.8) is 0 Å². The fraction of sp³-hybridized carbons (Fsp3) is 0.407. The summed E-state index contributed by atoms with van der Waals surface area (Å²) in [4.78, 5) is 26.1. The minimum Gasteiger partial charge on any atom is -0.465 e. The number of esters is 1. The summed E-state index contributed by atoms with van der Waals surface area (Å²) in [5.74, 6) is 5.99. The molecule has 0 aromatic heterocycles. The van der Waals surface area contributed by atoms with Crippen molar-refractivity contribution < 1.29 is 24.2 Å². The summed E-state index contributed by atoms with van der Waals surface area (Å²) in [6.45, 7) is 12.0. The molecule has 1 aliphatic heterocycles. The Balaban J connectivity index is 2.27. The lowest BCUT2D eigenvalue weighted by molar-refractivity contribution is -0.166. The second-order valence-corrected chi connectivity index (χ2v) is 9.11. The van der Waals surface area contributed by atoms with Crippen molar-refractivity contribution >= 4 is 12.1 Å². The molecule has 2 aromatic carbocycles. The normalized spacial score (nSPS) is 13.7. The molecule has 1 amide bonds. The first-order chi connectivity index (χ1) is 15.5. The maximum atomic E-state index is 13.1. The largest absolute Gasteiger partial charge is 0.465 e. The molecule has 0 fully saturated rings. The number of fused-ring (bicyclic) bond motifs is 1. The number of hydrogen-bond acceptors (Lipinski definition) is 4. The van der Waals surface area contributed by atoms with Crippen LogP contribution in [0.15, 0.2) is 30.3 Å². The molecule has 174 valence electrons. The van der Waals surface area contributed by atoms with Crippen molar-refractivity contribution in [1.29, 1.82) is 0 Å². The maximum absolute atomic E-state index is 13.1. The van der Waals surface area contributed by atoms with E-state index >= 15 is 0 Å². The Morgan fingerprint density at radius 2 is 1.67 bits per heavy atom. The van der Waals surface area contributed by atoms with E-state index in [1.807, 2.05) is 65.0 Å². The van der Waals surface area contributed by atoms with Crippen LogP contribution in [0.4, 0.5) is 4.79 Å². The minimum atomic E-state index is -0.979. The van der Waals surface area contributed by atoms with E-state index in [4.69, 9.17) is 9.47 Å². The van der Waals surface area contributed by atoms with Crippen molar-refractivity contribution in [2.45, 2.75) is 66.3 Å². The third-order valence-corrected chi connectivity index (χ3v) is 5.63. The van der Waals surface area contributed by atoms with Gasteiger partial charge in [0.05, 0.1) is 18.8 Å². The highest BCUT2D eigenvalue weighted by Crippen LogP contribution is 2.39. The van der Waals surface area contributed by atoms with Crippen molar-refractivity contribution in [3.8, 4) is 11.8 Å². The van der Waals surface area contributed by atoms with Gasteiger partial charge >= 0.3 is 12.1 Å². The molecule has 1 atom stereocenters. The number of carbonyl (C=O) groups is 2. The zero-order valence-electron chi connectivity index (χ0n) is 20.1. The van der Waals surface area contributed by atoms with Gasteiger partial charge in [-0.05, 0) is 75.9 Å². The minimum absolute atomic E-state index is 0.226. The molecule has 1 heterocycles. The smallest absolute Gasteiger partial charge is 0.407 e. The number of carbonyl (C=O) groups excluding carboxylic acids is 1. The summed E-state index contributed by atoms with van der Waals surface area (Å²) in [6, 6.07) is 9.60. The van der Waals surface area contributed by atoms with Crippen LogP contribution in [0.5, 0.6) is 0 Å². The Bertz CT molecular complexity index is 1120. The summed E-state index contributed by atoms with van der Waals surface area (Å²) in [5, 5.41) is 9.58. The monoisotopic (exact) mass is 449 g/mol. The standard InChI is InChI=1S/C27H31NO5/c1-7-32-25(29)24(33-27(4,5)6)23-18(3)22-16-28(26(30)31)15-21(22)17(2)20(23)14-13-19-11-9-8-10-12-19/h8-12,24H,7,15-16H2,1-6H3,(H,30,31). The molecule has 1 aliphatic rings. The van der Waals surface area contributed by atoms with Crippen LogP contribution in [0.25, 0.3) is 0 Å². The van der Waals surface area contributed by atoms with Crippen LogP contribution in [0, 0.1) is 25.7 Å². The summed E-state index contributed by atoms with van der Waals surface area (Å²) in [6.07, 6.45) is -1.95. The van der Waals surface area contributed by atoms with Crippen LogP contribution in [0.2, 0.25) is 0 Å². The fourth-order valence-corrected chi connectivity index (χ4v) is 4.10. The lowest BCUT2D eigenvalue weighted by atomic mass is 9.86. The number of ether oxygens (including phenoxy) is 2. The molecule has 6 heteroatoms. The number of rotatable bonds is 4. The summed E-state index contributed by atoms with van der Waals surface area (Å²) < 4.78 is 11.6. The maximum Gasteiger partial charge on any atom is 0.407 e. The molecule has 0 saturated heterocycles. The molecule has 6 nitrogen and oxygen atoms in total. The molecule has 3 rings (SSSR count). The summed E-state index contributed by atoms with van der Waals surface area (Å²) in [7, 11) is 0. The first kappa shape index (κ1) is 24.3. The Morgan fingerprint density at radius 3 is 2.21 bits per heavy atom. The zero-order valence-corrected chi connectivity index (χ0v) is 20.1. The SMILES string of the molecule is CCOC(=O)C(OC(C)(C)C)c1c(C)c2c(c(C)c1C#Cc1ccccc1)CN(C(=O)O)C2. The second-order valence-electron chi connectivity index (χ2n) is 9.11. The van der Waals surface area contributed by atoms with E-state index in [2.05, 4.69) is 11.8 Å². The molecule has 2 aromatic rings. The Morgan fingerprint density at radius 1 is 1.06 bits per heavy atom. The van der Waals surface area contributed by atoms with Crippen LogP contribution in [-0.4, -0.2) is 34.3 Å². The van der Waals surface area contributed by atoms with Gasteiger partial charge in [-0.2, -0.15) is 0 Å². The number of carboxylic acid groups (broad SMARTS) is 1. The van der Waals surface area contributed by atoms with Crippen LogP contribution >= 0.6 is 0 Å². The average molecular weight is 450 g/mol. The zero-order chi connectivity index (χ0) is 24.3. The third-order valence-electron chi connectivity index (χ3n) is 5.63. The van der Waals surface area contributed by atoms with Gasteiger partial charge in [0.2, 0.25) is 0 Å². The topological polar surface area (TPSA) is 76.1 Å². The highest BCUT2D eigenvalue weighted by Gasteiger charge is 2.36. The van der Waals surface area contributed by atoms with Crippen molar-refractivity contribution in [2.75, 3.05) is 6.61 Å². The molecule has 1 unspecified atom stereocenters. The summed E-state index contributed by atoms with van der Waals surface area (Å²) in [5.41, 5.74) is 5.09. The number of benzene rings is 2. The van der Waals surface area contributed by atoms with Crippen molar-refractivity contribution in [2.24, 2.45) is 0 Å². The lowest BCUT2D eigenvalue weighted by Gasteiger charge is -2.29. The molecule has 0 saturated carbocycles. The van der Waals surface area contributed by atoms with E-state index in [0.717, 1.165) is 27.8 Å². The highest BCUT2D eigenvalue weighted by molar-refractivity contribution is 5.80. The summed E-state index contributed by atoms with van der Waals surface area (Å²) >= 11 is 0. The fourth-order valence-electron chi connectivity index (χ4n) is 4.10. The Hall–Kier alpha value is -3.30. The van der Waals surface area contributed by atoms with Gasteiger partial charge in [-0.25, -0.2) is 9.59 Å². The van der Waals surface area contributed by atoms with Gasteiger partial charge in [0.25, 0.3) is 0 Å². The molecular weight excluding hydrogens is 418 g/mol. The number of nitrogens with zero attached hydrogens (tertiary/aromatic N) is 1.